The molecule has 2 fully saturated rings. The molecule has 2 aromatic carbocycles. The molecule has 1 saturated carbocycles. The Morgan fingerprint density at radius 3 is 2.11 bits per heavy atom. The molecule has 3 amide bonds. The SMILES string of the molecule is O=C(N[C@@H]1CCCC[C@H]1NC(=O)[C@@H]1CCCN(C(=O)c2ccc([N+](=O)[O-])cc2)C1)c1ccc(F)cc1. The number of amides is 3. The topological polar surface area (TPSA) is 122 Å². The van der Waals surface area contributed by atoms with Crippen LogP contribution >= 0.6 is 0 Å². The van der Waals surface area contributed by atoms with Gasteiger partial charge < -0.3 is 15.5 Å². The number of benzene rings is 2. The Balaban J connectivity index is 1.36. The molecule has 0 bridgehead atoms. The van der Waals surface area contributed by atoms with Crippen LogP contribution in [-0.2, 0) is 4.79 Å². The molecule has 1 saturated heterocycles. The molecule has 1 aliphatic heterocycles. The number of likely N-dealkylation sites (tertiary alicyclic amines) is 1. The van der Waals surface area contributed by atoms with E-state index in [2.05, 4.69) is 10.6 Å². The van der Waals surface area contributed by atoms with Crippen LogP contribution < -0.4 is 10.6 Å². The number of nitrogens with one attached hydrogen (secondary N) is 2. The van der Waals surface area contributed by atoms with Gasteiger partial charge in [-0.3, -0.25) is 24.5 Å². The lowest BCUT2D eigenvalue weighted by Gasteiger charge is -2.36. The third-order valence-corrected chi connectivity index (χ3v) is 6.92. The van der Waals surface area contributed by atoms with Crippen molar-refractivity contribution in [3.05, 3.63) is 75.6 Å². The number of nitro benzene ring substituents is 1. The van der Waals surface area contributed by atoms with Gasteiger partial charge >= 0.3 is 0 Å². The largest absolute Gasteiger partial charge is 0.351 e. The van der Waals surface area contributed by atoms with Crippen molar-refractivity contribution in [2.24, 2.45) is 5.92 Å². The van der Waals surface area contributed by atoms with Crippen LogP contribution in [0, 0.1) is 21.8 Å². The number of carbonyl (C=O) groups is 3. The van der Waals surface area contributed by atoms with E-state index in [1.165, 1.54) is 48.5 Å². The number of hydrogen-bond acceptors (Lipinski definition) is 5. The molecule has 1 heterocycles. The summed E-state index contributed by atoms with van der Waals surface area (Å²) in [6.07, 6.45) is 4.65. The van der Waals surface area contributed by atoms with Crippen molar-refractivity contribution < 1.29 is 23.7 Å². The quantitative estimate of drug-likeness (QED) is 0.469. The standard InChI is InChI=1S/C26H29FN4O5/c27-20-11-7-17(8-12-20)24(32)28-22-5-1-2-6-23(22)29-25(33)19-4-3-15-30(16-19)26(34)18-9-13-21(14-10-18)31(35)36/h7-14,19,22-23H,1-6,15-16H2,(H,28,32)(H,29,33)/t19-,22-,23-/m1/s1. The molecule has 2 aliphatic rings. The molecule has 9 nitrogen and oxygen atoms in total. The van der Waals surface area contributed by atoms with Gasteiger partial charge in [0.25, 0.3) is 17.5 Å². The number of nitrogens with zero attached hydrogens (tertiary/aromatic N) is 2. The van der Waals surface area contributed by atoms with Crippen LogP contribution in [0.3, 0.4) is 0 Å². The number of hydrogen-bond donors (Lipinski definition) is 2. The minimum Gasteiger partial charge on any atom is -0.351 e. The van der Waals surface area contributed by atoms with E-state index in [0.29, 0.717) is 30.5 Å². The Morgan fingerprint density at radius 1 is 0.861 bits per heavy atom. The molecule has 1 aliphatic carbocycles. The molecular formula is C26H29FN4O5. The van der Waals surface area contributed by atoms with Gasteiger partial charge in [-0.15, -0.1) is 0 Å². The van der Waals surface area contributed by atoms with E-state index in [4.69, 9.17) is 0 Å². The highest BCUT2D eigenvalue weighted by atomic mass is 19.1. The highest BCUT2D eigenvalue weighted by Crippen LogP contribution is 2.23. The summed E-state index contributed by atoms with van der Waals surface area (Å²) in [5.74, 6) is -1.51. The minimum atomic E-state index is -0.518. The first kappa shape index (κ1) is 25.3. The number of non-ortho nitro benzene ring substituents is 1. The van der Waals surface area contributed by atoms with Crippen molar-refractivity contribution in [1.29, 1.82) is 0 Å². The first-order chi connectivity index (χ1) is 17.3. The predicted molar refractivity (Wildman–Crippen MR) is 130 cm³/mol. The van der Waals surface area contributed by atoms with Crippen LogP contribution in [0.25, 0.3) is 0 Å². The maximum atomic E-state index is 13.2. The molecule has 0 aromatic heterocycles. The van der Waals surface area contributed by atoms with Crippen molar-refractivity contribution in [3.63, 3.8) is 0 Å². The van der Waals surface area contributed by atoms with E-state index in [1.54, 1.807) is 4.90 Å². The Bertz CT molecular complexity index is 1120. The number of carbonyl (C=O) groups excluding carboxylic acids is 3. The molecule has 0 unspecified atom stereocenters. The van der Waals surface area contributed by atoms with E-state index >= 15 is 0 Å². The fourth-order valence-electron chi connectivity index (χ4n) is 4.91. The zero-order chi connectivity index (χ0) is 25.7. The second kappa shape index (κ2) is 11.3. The minimum absolute atomic E-state index is 0.0870. The summed E-state index contributed by atoms with van der Waals surface area (Å²) >= 11 is 0. The smallest absolute Gasteiger partial charge is 0.269 e. The summed E-state index contributed by atoms with van der Waals surface area (Å²) in [6.45, 7) is 0.778. The Hall–Kier alpha value is -3.82. The van der Waals surface area contributed by atoms with E-state index in [0.717, 1.165) is 25.7 Å². The van der Waals surface area contributed by atoms with Gasteiger partial charge in [0.05, 0.1) is 10.8 Å². The molecule has 36 heavy (non-hydrogen) atoms. The van der Waals surface area contributed by atoms with Crippen LogP contribution in [0.1, 0.15) is 59.2 Å². The van der Waals surface area contributed by atoms with Gasteiger partial charge in [-0.2, -0.15) is 0 Å². The molecule has 4 rings (SSSR count). The Kier molecular flexibility index (Phi) is 7.92. The van der Waals surface area contributed by atoms with E-state index in [9.17, 15) is 28.9 Å². The van der Waals surface area contributed by atoms with Crippen LogP contribution in [0.15, 0.2) is 48.5 Å². The van der Waals surface area contributed by atoms with Crippen molar-refractivity contribution in [2.75, 3.05) is 13.1 Å². The van der Waals surface area contributed by atoms with Crippen LogP contribution in [0.5, 0.6) is 0 Å². The van der Waals surface area contributed by atoms with Gasteiger partial charge in [0.15, 0.2) is 0 Å². The maximum Gasteiger partial charge on any atom is 0.269 e. The number of nitro groups is 1. The second-order valence-corrected chi connectivity index (χ2v) is 9.38. The number of rotatable bonds is 6. The third kappa shape index (κ3) is 6.05. The molecule has 0 radical (unpaired) electrons. The van der Waals surface area contributed by atoms with Gasteiger partial charge in [-0.1, -0.05) is 12.8 Å². The monoisotopic (exact) mass is 496 g/mol. The molecule has 2 N–H and O–H groups in total. The lowest BCUT2D eigenvalue weighted by Crippen LogP contribution is -2.55. The Labute approximate surface area is 208 Å². The normalized spacial score (nSPS) is 21.9. The van der Waals surface area contributed by atoms with Gasteiger partial charge in [0, 0.05) is 48.4 Å². The number of piperidine rings is 1. The van der Waals surface area contributed by atoms with Crippen molar-refractivity contribution >= 4 is 23.4 Å². The summed E-state index contributed by atoms with van der Waals surface area (Å²) in [6, 6.07) is 10.3. The summed E-state index contributed by atoms with van der Waals surface area (Å²) in [5, 5.41) is 16.9. The van der Waals surface area contributed by atoms with E-state index in [-0.39, 0.29) is 48.0 Å². The zero-order valence-electron chi connectivity index (χ0n) is 19.8. The summed E-state index contributed by atoms with van der Waals surface area (Å²) in [4.78, 5) is 50.7. The Morgan fingerprint density at radius 2 is 1.47 bits per heavy atom. The second-order valence-electron chi connectivity index (χ2n) is 9.38. The molecule has 2 aromatic rings. The lowest BCUT2D eigenvalue weighted by molar-refractivity contribution is -0.384. The fourth-order valence-corrected chi connectivity index (χ4v) is 4.91. The van der Waals surface area contributed by atoms with Crippen LogP contribution in [-0.4, -0.2) is 52.7 Å². The van der Waals surface area contributed by atoms with Crippen molar-refractivity contribution in [2.45, 2.75) is 50.6 Å². The maximum absolute atomic E-state index is 13.2. The zero-order valence-corrected chi connectivity index (χ0v) is 19.8. The summed E-state index contributed by atoms with van der Waals surface area (Å²) in [7, 11) is 0. The molecule has 0 spiro atoms. The van der Waals surface area contributed by atoms with Crippen molar-refractivity contribution in [1.82, 2.24) is 15.5 Å². The summed E-state index contributed by atoms with van der Waals surface area (Å²) in [5.41, 5.74) is 0.619. The van der Waals surface area contributed by atoms with Crippen LogP contribution in [0.4, 0.5) is 10.1 Å². The average Bonchev–Trinajstić information content (AvgIpc) is 2.89. The third-order valence-electron chi connectivity index (χ3n) is 6.92. The van der Waals surface area contributed by atoms with Gasteiger partial charge in [0.1, 0.15) is 5.82 Å². The first-order valence-corrected chi connectivity index (χ1v) is 12.2. The number of halogens is 1. The molecule has 3 atom stereocenters. The van der Waals surface area contributed by atoms with Gasteiger partial charge in [0.2, 0.25) is 5.91 Å². The van der Waals surface area contributed by atoms with Crippen LogP contribution in [0.2, 0.25) is 0 Å². The van der Waals surface area contributed by atoms with Gasteiger partial charge in [-0.25, -0.2) is 4.39 Å². The van der Waals surface area contributed by atoms with Crippen molar-refractivity contribution in [3.8, 4) is 0 Å². The average molecular weight is 497 g/mol. The summed E-state index contributed by atoms with van der Waals surface area (Å²) < 4.78 is 13.2. The molecule has 10 heteroatoms. The highest BCUT2D eigenvalue weighted by molar-refractivity contribution is 5.95. The van der Waals surface area contributed by atoms with Gasteiger partial charge in [-0.05, 0) is 62.1 Å². The molecular weight excluding hydrogens is 467 g/mol. The first-order valence-electron chi connectivity index (χ1n) is 12.2. The van der Waals surface area contributed by atoms with E-state index in [1.807, 2.05) is 0 Å². The predicted octanol–water partition coefficient (Wildman–Crippen LogP) is 3.44. The fraction of sp³-hybridized carbons (Fsp3) is 0.423. The molecule has 190 valence electrons. The highest BCUT2D eigenvalue weighted by Gasteiger charge is 2.33. The lowest BCUT2D eigenvalue weighted by atomic mass is 9.88. The van der Waals surface area contributed by atoms with E-state index < -0.39 is 10.7 Å².